The Morgan fingerprint density at radius 3 is 2.55 bits per heavy atom. The highest BCUT2D eigenvalue weighted by Crippen LogP contribution is 2.29. The molecule has 1 fully saturated rings. The van der Waals surface area contributed by atoms with Gasteiger partial charge in [0.2, 0.25) is 10.0 Å². The second-order valence-corrected chi connectivity index (χ2v) is 6.65. The van der Waals surface area contributed by atoms with Crippen molar-refractivity contribution in [1.29, 1.82) is 0 Å². The Hall–Kier alpha value is -1.64. The number of aliphatic hydroxyl groups excluding tert-OH is 1. The summed E-state index contributed by atoms with van der Waals surface area (Å²) >= 11 is 0. The zero-order valence-corrected chi connectivity index (χ0v) is 11.6. The molecule has 1 heterocycles. The predicted molar refractivity (Wildman–Crippen MR) is 69.2 cm³/mol. The van der Waals surface area contributed by atoms with E-state index in [9.17, 15) is 23.4 Å². The summed E-state index contributed by atoms with van der Waals surface area (Å²) in [5.41, 5.74) is -0.206. The Bertz CT molecular complexity index is 654. The first-order valence-corrected chi connectivity index (χ1v) is 7.42. The fourth-order valence-electron chi connectivity index (χ4n) is 2.19. The molecule has 0 bridgehead atoms. The first-order valence-electron chi connectivity index (χ1n) is 5.98. The van der Waals surface area contributed by atoms with Crippen LogP contribution in [0.5, 0.6) is 5.75 Å². The van der Waals surface area contributed by atoms with E-state index in [0.29, 0.717) is 6.42 Å². The van der Waals surface area contributed by atoms with Crippen molar-refractivity contribution >= 4 is 16.0 Å². The van der Waals surface area contributed by atoms with Gasteiger partial charge in [0.15, 0.2) is 0 Å². The van der Waals surface area contributed by atoms with Crippen LogP contribution >= 0.6 is 0 Å². The van der Waals surface area contributed by atoms with Crippen LogP contribution in [0.2, 0.25) is 0 Å². The maximum atomic E-state index is 12.4. The van der Waals surface area contributed by atoms with Crippen LogP contribution in [0.3, 0.4) is 0 Å². The lowest BCUT2D eigenvalue weighted by molar-refractivity contribution is 0.0693. The minimum atomic E-state index is -3.88. The number of aromatic carboxylic acids is 1. The van der Waals surface area contributed by atoms with Gasteiger partial charge in [0, 0.05) is 13.1 Å². The second kappa shape index (κ2) is 5.04. The smallest absolute Gasteiger partial charge is 0.339 e. The van der Waals surface area contributed by atoms with Crippen LogP contribution < -0.4 is 0 Å². The molecule has 1 aliphatic heterocycles. The van der Waals surface area contributed by atoms with Crippen molar-refractivity contribution in [2.45, 2.75) is 24.3 Å². The van der Waals surface area contributed by atoms with Crippen LogP contribution in [-0.2, 0) is 10.0 Å². The van der Waals surface area contributed by atoms with Gasteiger partial charge in [0.1, 0.15) is 11.3 Å². The maximum absolute atomic E-state index is 12.4. The monoisotopic (exact) mass is 301 g/mol. The molecule has 1 atom stereocenters. The number of carboxylic acids is 1. The number of hydrogen-bond donors (Lipinski definition) is 3. The molecule has 0 aromatic heterocycles. The van der Waals surface area contributed by atoms with E-state index in [1.54, 1.807) is 0 Å². The Balaban J connectivity index is 2.51. The van der Waals surface area contributed by atoms with Gasteiger partial charge in [0.05, 0.1) is 11.0 Å². The van der Waals surface area contributed by atoms with Crippen LogP contribution in [0.4, 0.5) is 0 Å². The second-order valence-electron chi connectivity index (χ2n) is 4.75. The summed E-state index contributed by atoms with van der Waals surface area (Å²) in [5.74, 6) is -1.88. The predicted octanol–water partition coefficient (Wildman–Crippen LogP) is 0.154. The van der Waals surface area contributed by atoms with Gasteiger partial charge in [0.25, 0.3) is 0 Å². The van der Waals surface area contributed by atoms with E-state index >= 15 is 0 Å². The molecule has 1 aromatic carbocycles. The highest BCUT2D eigenvalue weighted by atomic mass is 32.2. The molecule has 1 aliphatic rings. The number of β-amino-alcohol motifs (C(OH)–C–C–N with tert-alkyl or cyclic N) is 1. The Labute approximate surface area is 116 Å². The first kappa shape index (κ1) is 14.8. The summed E-state index contributed by atoms with van der Waals surface area (Å²) in [5, 5.41) is 27.9. The van der Waals surface area contributed by atoms with E-state index < -0.39 is 33.4 Å². The molecular weight excluding hydrogens is 286 g/mol. The third-order valence-corrected chi connectivity index (χ3v) is 5.27. The molecule has 1 saturated heterocycles. The number of sulfonamides is 1. The van der Waals surface area contributed by atoms with Crippen LogP contribution in [0.15, 0.2) is 17.0 Å². The quantitative estimate of drug-likeness (QED) is 0.732. The van der Waals surface area contributed by atoms with Gasteiger partial charge in [-0.3, -0.25) is 0 Å². The third-order valence-electron chi connectivity index (χ3n) is 3.27. The molecule has 1 aromatic rings. The summed E-state index contributed by atoms with van der Waals surface area (Å²) < 4.78 is 26.0. The lowest BCUT2D eigenvalue weighted by atomic mass is 10.1. The van der Waals surface area contributed by atoms with E-state index in [4.69, 9.17) is 5.11 Å². The molecule has 0 saturated carbocycles. The molecule has 7 nitrogen and oxygen atoms in total. The van der Waals surface area contributed by atoms with Crippen LogP contribution in [0.1, 0.15) is 22.3 Å². The molecule has 0 unspecified atom stereocenters. The van der Waals surface area contributed by atoms with E-state index in [2.05, 4.69) is 0 Å². The van der Waals surface area contributed by atoms with Gasteiger partial charge in [-0.2, -0.15) is 4.31 Å². The fourth-order valence-corrected chi connectivity index (χ4v) is 3.91. The number of aryl methyl sites for hydroxylation is 1. The van der Waals surface area contributed by atoms with Crippen LogP contribution in [0.25, 0.3) is 0 Å². The van der Waals surface area contributed by atoms with Gasteiger partial charge in [-0.1, -0.05) is 0 Å². The van der Waals surface area contributed by atoms with Crippen molar-refractivity contribution in [2.24, 2.45) is 0 Å². The van der Waals surface area contributed by atoms with Crippen LogP contribution in [-0.4, -0.2) is 53.2 Å². The average molecular weight is 301 g/mol. The highest BCUT2D eigenvalue weighted by molar-refractivity contribution is 7.89. The van der Waals surface area contributed by atoms with E-state index in [0.717, 1.165) is 16.4 Å². The van der Waals surface area contributed by atoms with Gasteiger partial charge in [-0.25, -0.2) is 13.2 Å². The number of carbonyl (C=O) groups is 1. The average Bonchev–Trinajstić information content (AvgIpc) is 2.75. The van der Waals surface area contributed by atoms with Crippen molar-refractivity contribution in [1.82, 2.24) is 4.31 Å². The first-order chi connectivity index (χ1) is 9.23. The number of aromatic hydroxyl groups is 1. The standard InChI is InChI=1S/C12H15NO6S/c1-7-4-10(15)9(12(16)17)5-11(7)20(18,19)13-3-2-8(14)6-13/h4-5,8,14-15H,2-3,6H2,1H3,(H,16,17)/t8-/m0/s1. The van der Waals surface area contributed by atoms with Gasteiger partial charge in [-0.05, 0) is 31.0 Å². The third kappa shape index (κ3) is 2.49. The number of nitrogens with zero attached hydrogens (tertiary/aromatic N) is 1. The number of carboxylic acid groups (broad SMARTS) is 1. The summed E-state index contributed by atoms with van der Waals surface area (Å²) in [6.45, 7) is 1.65. The highest BCUT2D eigenvalue weighted by Gasteiger charge is 2.33. The van der Waals surface area contributed by atoms with Crippen LogP contribution in [0, 0.1) is 6.92 Å². The summed E-state index contributed by atoms with van der Waals surface area (Å²) in [6, 6.07) is 2.07. The number of phenols is 1. The van der Waals surface area contributed by atoms with E-state index in [1.807, 2.05) is 0 Å². The molecule has 0 amide bonds. The zero-order chi connectivity index (χ0) is 15.1. The van der Waals surface area contributed by atoms with Gasteiger partial charge >= 0.3 is 5.97 Å². The topological polar surface area (TPSA) is 115 Å². The van der Waals surface area contributed by atoms with Crippen molar-refractivity contribution in [3.63, 3.8) is 0 Å². The van der Waals surface area contributed by atoms with Crippen molar-refractivity contribution in [2.75, 3.05) is 13.1 Å². The molecule has 0 spiro atoms. The minimum Gasteiger partial charge on any atom is -0.507 e. The molecule has 20 heavy (non-hydrogen) atoms. The summed E-state index contributed by atoms with van der Waals surface area (Å²) in [7, 11) is -3.88. The Morgan fingerprint density at radius 1 is 1.40 bits per heavy atom. The number of hydrogen-bond acceptors (Lipinski definition) is 5. The number of rotatable bonds is 3. The van der Waals surface area contributed by atoms with E-state index in [-0.39, 0.29) is 23.5 Å². The maximum Gasteiger partial charge on any atom is 0.339 e. The normalized spacial score (nSPS) is 20.2. The molecule has 2 rings (SSSR count). The summed E-state index contributed by atoms with van der Waals surface area (Å²) in [6.07, 6.45) is -0.358. The summed E-state index contributed by atoms with van der Waals surface area (Å²) in [4.78, 5) is 10.8. The molecular formula is C12H15NO6S. The van der Waals surface area contributed by atoms with Gasteiger partial charge in [-0.15, -0.1) is 0 Å². The Morgan fingerprint density at radius 2 is 2.05 bits per heavy atom. The molecule has 3 N–H and O–H groups in total. The number of aliphatic hydroxyl groups is 1. The number of benzene rings is 1. The van der Waals surface area contributed by atoms with Gasteiger partial charge < -0.3 is 15.3 Å². The molecule has 110 valence electrons. The largest absolute Gasteiger partial charge is 0.507 e. The van der Waals surface area contributed by atoms with E-state index in [1.165, 1.54) is 6.92 Å². The molecule has 0 radical (unpaired) electrons. The lowest BCUT2D eigenvalue weighted by Gasteiger charge is -2.18. The Kier molecular flexibility index (Phi) is 3.72. The molecule has 8 heteroatoms. The SMILES string of the molecule is Cc1cc(O)c(C(=O)O)cc1S(=O)(=O)N1CC[C@H](O)C1. The fraction of sp³-hybridized carbons (Fsp3) is 0.417. The molecule has 0 aliphatic carbocycles. The minimum absolute atomic E-state index is 0.00887. The van der Waals surface area contributed by atoms with Crippen molar-refractivity contribution < 1.29 is 28.5 Å². The van der Waals surface area contributed by atoms with Crippen molar-refractivity contribution in [3.05, 3.63) is 23.3 Å². The van der Waals surface area contributed by atoms with Crippen molar-refractivity contribution in [3.8, 4) is 5.75 Å². The lowest BCUT2D eigenvalue weighted by Crippen LogP contribution is -2.30. The zero-order valence-electron chi connectivity index (χ0n) is 10.8.